The third kappa shape index (κ3) is 3.41. The van der Waals surface area contributed by atoms with E-state index in [4.69, 9.17) is 5.73 Å². The van der Waals surface area contributed by atoms with Gasteiger partial charge in [-0.2, -0.15) is 0 Å². The maximum atomic E-state index is 13.2. The molecule has 3 heteroatoms. The summed E-state index contributed by atoms with van der Waals surface area (Å²) in [6, 6.07) is 20.3. The lowest BCUT2D eigenvalue weighted by Gasteiger charge is -2.44. The first-order valence-corrected chi connectivity index (χ1v) is 9.71. The van der Waals surface area contributed by atoms with Crippen molar-refractivity contribution < 1.29 is 4.79 Å². The molecule has 1 atom stereocenters. The fourth-order valence-corrected chi connectivity index (χ4v) is 4.50. The van der Waals surface area contributed by atoms with Gasteiger partial charge in [0, 0.05) is 6.04 Å². The van der Waals surface area contributed by atoms with Crippen LogP contribution < -0.4 is 5.73 Å². The van der Waals surface area contributed by atoms with Gasteiger partial charge in [0.05, 0.1) is 0 Å². The number of carbonyl (C=O) groups excluding carboxylic acids is 1. The molecule has 1 fully saturated rings. The number of likely N-dealkylation sites (tertiary alicyclic amines) is 1. The van der Waals surface area contributed by atoms with Crippen molar-refractivity contribution in [2.45, 2.75) is 44.6 Å². The lowest BCUT2D eigenvalue weighted by atomic mass is 9.66. The molecule has 2 N–H and O–H groups in total. The van der Waals surface area contributed by atoms with E-state index in [1.54, 1.807) is 0 Å². The van der Waals surface area contributed by atoms with Crippen LogP contribution in [0.25, 0.3) is 0 Å². The monoisotopic (exact) mass is 350 g/mol. The maximum absolute atomic E-state index is 13.2. The molecule has 0 aromatic heterocycles. The van der Waals surface area contributed by atoms with Crippen LogP contribution >= 0.6 is 0 Å². The molecule has 1 aliphatic heterocycles. The Kier molecular flexibility index (Phi) is 5.77. The number of nitrogens with two attached hydrogens (primary N) is 1. The van der Waals surface area contributed by atoms with E-state index in [1.165, 1.54) is 12.8 Å². The molecular formula is C23H30N2O. The second-order valence-corrected chi connectivity index (χ2v) is 7.79. The molecule has 1 aliphatic rings. The molecule has 3 rings (SSSR count). The van der Waals surface area contributed by atoms with Crippen LogP contribution in [-0.2, 0) is 10.2 Å². The summed E-state index contributed by atoms with van der Waals surface area (Å²) in [4.78, 5) is 15.7. The molecular weight excluding hydrogens is 320 g/mol. The number of hydrogen-bond acceptors (Lipinski definition) is 2. The van der Waals surface area contributed by atoms with Gasteiger partial charge in [0.2, 0.25) is 5.91 Å². The Morgan fingerprint density at radius 1 is 0.962 bits per heavy atom. The van der Waals surface area contributed by atoms with Gasteiger partial charge in [-0.25, -0.2) is 0 Å². The molecule has 0 saturated carbocycles. The topological polar surface area (TPSA) is 46.3 Å². The average molecular weight is 351 g/mol. The Balaban J connectivity index is 2.25. The SMILES string of the molecule is CC(C)CC(N1CCCC1)C(C(N)=O)(c1ccccc1)c1ccccc1. The Morgan fingerprint density at radius 3 is 1.81 bits per heavy atom. The third-order valence-corrected chi connectivity index (χ3v) is 5.62. The van der Waals surface area contributed by atoms with Crippen molar-refractivity contribution in [2.75, 3.05) is 13.1 Å². The minimum Gasteiger partial charge on any atom is -0.369 e. The number of primary amides is 1. The summed E-state index contributed by atoms with van der Waals surface area (Å²) < 4.78 is 0. The van der Waals surface area contributed by atoms with E-state index in [9.17, 15) is 4.79 Å². The van der Waals surface area contributed by atoms with E-state index < -0.39 is 5.41 Å². The van der Waals surface area contributed by atoms with E-state index in [-0.39, 0.29) is 11.9 Å². The molecule has 3 nitrogen and oxygen atoms in total. The summed E-state index contributed by atoms with van der Waals surface area (Å²) in [5.41, 5.74) is 7.37. The Morgan fingerprint density at radius 2 is 1.42 bits per heavy atom. The van der Waals surface area contributed by atoms with Crippen LogP contribution in [0.15, 0.2) is 60.7 Å². The minimum atomic E-state index is -0.836. The van der Waals surface area contributed by atoms with Crippen LogP contribution in [0.5, 0.6) is 0 Å². The van der Waals surface area contributed by atoms with Crippen molar-refractivity contribution in [2.24, 2.45) is 11.7 Å². The Hall–Kier alpha value is -2.13. The van der Waals surface area contributed by atoms with Crippen molar-refractivity contribution in [1.29, 1.82) is 0 Å². The first kappa shape index (κ1) is 18.7. The molecule has 2 aromatic carbocycles. The number of nitrogens with zero attached hydrogens (tertiary/aromatic N) is 1. The molecule has 0 aliphatic carbocycles. The van der Waals surface area contributed by atoms with Crippen LogP contribution in [0.1, 0.15) is 44.2 Å². The quantitative estimate of drug-likeness (QED) is 0.821. The standard InChI is InChI=1S/C23H30N2O/c1-18(2)17-21(25-15-9-10-16-25)23(22(24)26,19-11-5-3-6-12-19)20-13-7-4-8-14-20/h3-8,11-14,18,21H,9-10,15-17H2,1-2H3,(H2,24,26). The van der Waals surface area contributed by atoms with E-state index in [1.807, 2.05) is 36.4 Å². The fraction of sp³-hybridized carbons (Fsp3) is 0.435. The van der Waals surface area contributed by atoms with Crippen molar-refractivity contribution in [3.63, 3.8) is 0 Å². The van der Waals surface area contributed by atoms with Crippen LogP contribution in [-0.4, -0.2) is 29.9 Å². The summed E-state index contributed by atoms with van der Waals surface area (Å²) in [5.74, 6) is 0.221. The summed E-state index contributed by atoms with van der Waals surface area (Å²) in [6.07, 6.45) is 3.31. The molecule has 2 aromatic rings. The highest BCUT2D eigenvalue weighted by Gasteiger charge is 2.50. The summed E-state index contributed by atoms with van der Waals surface area (Å²) >= 11 is 0. The Bertz CT molecular complexity index is 666. The van der Waals surface area contributed by atoms with E-state index in [2.05, 4.69) is 43.0 Å². The van der Waals surface area contributed by atoms with Gasteiger partial charge in [-0.15, -0.1) is 0 Å². The highest BCUT2D eigenvalue weighted by Crippen LogP contribution is 2.41. The number of carbonyl (C=O) groups is 1. The predicted octanol–water partition coefficient (Wildman–Crippen LogP) is 3.97. The zero-order valence-electron chi connectivity index (χ0n) is 15.9. The molecule has 0 radical (unpaired) electrons. The van der Waals surface area contributed by atoms with Gasteiger partial charge < -0.3 is 5.73 Å². The van der Waals surface area contributed by atoms with Crippen molar-refractivity contribution in [1.82, 2.24) is 4.90 Å². The normalized spacial score (nSPS) is 16.7. The predicted molar refractivity (Wildman–Crippen MR) is 107 cm³/mol. The van der Waals surface area contributed by atoms with Crippen molar-refractivity contribution >= 4 is 5.91 Å². The second-order valence-electron chi connectivity index (χ2n) is 7.79. The molecule has 1 saturated heterocycles. The zero-order valence-corrected chi connectivity index (χ0v) is 15.9. The molecule has 0 bridgehead atoms. The lowest BCUT2D eigenvalue weighted by Crippen LogP contribution is -2.58. The van der Waals surface area contributed by atoms with Gasteiger partial charge in [0.15, 0.2) is 0 Å². The van der Waals surface area contributed by atoms with Gasteiger partial charge in [0.1, 0.15) is 5.41 Å². The summed E-state index contributed by atoms with van der Waals surface area (Å²) in [7, 11) is 0. The zero-order chi connectivity index (χ0) is 18.6. The van der Waals surface area contributed by atoms with Crippen molar-refractivity contribution in [3.8, 4) is 0 Å². The van der Waals surface area contributed by atoms with E-state index >= 15 is 0 Å². The molecule has 1 unspecified atom stereocenters. The minimum absolute atomic E-state index is 0.0623. The lowest BCUT2D eigenvalue weighted by molar-refractivity contribution is -0.124. The number of rotatable bonds is 7. The van der Waals surface area contributed by atoms with Gasteiger partial charge in [-0.1, -0.05) is 74.5 Å². The first-order chi connectivity index (χ1) is 12.6. The van der Waals surface area contributed by atoms with Gasteiger partial charge in [-0.05, 0) is 49.4 Å². The van der Waals surface area contributed by atoms with Crippen LogP contribution in [0, 0.1) is 5.92 Å². The number of benzene rings is 2. The molecule has 1 amide bonds. The average Bonchev–Trinajstić information content (AvgIpc) is 3.17. The number of amides is 1. The largest absolute Gasteiger partial charge is 0.369 e. The Labute approximate surface area is 157 Å². The summed E-state index contributed by atoms with van der Waals surface area (Å²) in [6.45, 7) is 6.52. The van der Waals surface area contributed by atoms with Crippen LogP contribution in [0.2, 0.25) is 0 Å². The smallest absolute Gasteiger partial charge is 0.234 e. The van der Waals surface area contributed by atoms with Gasteiger partial charge >= 0.3 is 0 Å². The second kappa shape index (κ2) is 8.05. The first-order valence-electron chi connectivity index (χ1n) is 9.71. The molecule has 26 heavy (non-hydrogen) atoms. The molecule has 1 heterocycles. The molecule has 0 spiro atoms. The molecule has 138 valence electrons. The highest BCUT2D eigenvalue weighted by molar-refractivity contribution is 5.92. The van der Waals surface area contributed by atoms with Crippen LogP contribution in [0.4, 0.5) is 0 Å². The number of hydrogen-bond donors (Lipinski definition) is 1. The van der Waals surface area contributed by atoms with Gasteiger partial charge in [0.25, 0.3) is 0 Å². The maximum Gasteiger partial charge on any atom is 0.234 e. The summed E-state index contributed by atoms with van der Waals surface area (Å²) in [5, 5.41) is 0. The van der Waals surface area contributed by atoms with Crippen LogP contribution in [0.3, 0.4) is 0 Å². The fourth-order valence-electron chi connectivity index (χ4n) is 4.50. The van der Waals surface area contributed by atoms with E-state index in [0.717, 1.165) is 30.6 Å². The van der Waals surface area contributed by atoms with Crippen molar-refractivity contribution in [3.05, 3.63) is 71.8 Å². The highest BCUT2D eigenvalue weighted by atomic mass is 16.1. The van der Waals surface area contributed by atoms with Gasteiger partial charge in [-0.3, -0.25) is 9.69 Å². The third-order valence-electron chi connectivity index (χ3n) is 5.62. The van der Waals surface area contributed by atoms with E-state index in [0.29, 0.717) is 5.92 Å².